The molecule has 0 spiro atoms. The third-order valence-electron chi connectivity index (χ3n) is 2.18. The molecule has 0 aliphatic carbocycles. The van der Waals surface area contributed by atoms with Crippen molar-refractivity contribution in [2.45, 2.75) is 46.3 Å². The minimum Gasteiger partial charge on any atom is -0.491 e. The highest BCUT2D eigenvalue weighted by Gasteiger charge is 2.15. The Hall–Kier alpha value is -1.23. The monoisotopic (exact) mass is 330 g/mol. The molecule has 106 valence electrons. The first-order chi connectivity index (χ1) is 8.79. The Morgan fingerprint density at radius 3 is 2.16 bits per heavy atom. The topological polar surface area (TPSA) is 55.8 Å². The van der Waals surface area contributed by atoms with Crippen molar-refractivity contribution >= 4 is 21.9 Å². The quantitative estimate of drug-likeness (QED) is 0.864. The van der Waals surface area contributed by atoms with Crippen LogP contribution in [0.15, 0.2) is 16.6 Å². The average molecular weight is 331 g/mol. The van der Waals surface area contributed by atoms with Gasteiger partial charge in [0.25, 0.3) is 0 Å². The normalized spacial score (nSPS) is 10.9. The van der Waals surface area contributed by atoms with Crippen molar-refractivity contribution in [3.63, 3.8) is 0 Å². The second kappa shape index (κ2) is 6.80. The van der Waals surface area contributed by atoms with Gasteiger partial charge in [-0.3, -0.25) is 4.79 Å². The Balaban J connectivity index is 3.15. The summed E-state index contributed by atoms with van der Waals surface area (Å²) in [6, 6.07) is 3.48. The first-order valence-corrected chi connectivity index (χ1v) is 6.96. The fraction of sp³-hybridized carbons (Fsp3) is 0.500. The molecule has 1 aromatic rings. The fourth-order valence-electron chi connectivity index (χ4n) is 1.58. The number of ether oxygens (including phenoxy) is 2. The highest BCUT2D eigenvalue weighted by atomic mass is 79.9. The molecule has 0 aliphatic heterocycles. The maximum atomic E-state index is 10.9. The zero-order valence-corrected chi connectivity index (χ0v) is 13.2. The second-order valence-electron chi connectivity index (χ2n) is 4.79. The second-order valence-corrected chi connectivity index (χ2v) is 5.65. The number of carboxylic acid groups (broad SMARTS) is 1. The number of carboxylic acids is 1. The van der Waals surface area contributed by atoms with Crippen molar-refractivity contribution in [3.05, 3.63) is 22.2 Å². The summed E-state index contributed by atoms with van der Waals surface area (Å²) >= 11 is 3.39. The molecule has 0 aliphatic rings. The Morgan fingerprint density at radius 2 is 1.68 bits per heavy atom. The van der Waals surface area contributed by atoms with E-state index in [9.17, 15) is 4.79 Å². The number of benzene rings is 1. The van der Waals surface area contributed by atoms with Crippen LogP contribution in [0, 0.1) is 0 Å². The summed E-state index contributed by atoms with van der Waals surface area (Å²) in [5, 5.41) is 8.93. The highest BCUT2D eigenvalue weighted by molar-refractivity contribution is 9.10. The number of halogens is 1. The molecule has 0 saturated carbocycles. The molecule has 0 radical (unpaired) electrons. The summed E-state index contributed by atoms with van der Waals surface area (Å²) in [6.45, 7) is 7.66. The smallest absolute Gasteiger partial charge is 0.307 e. The van der Waals surface area contributed by atoms with E-state index in [1.807, 2.05) is 27.7 Å². The van der Waals surface area contributed by atoms with Gasteiger partial charge in [0.1, 0.15) is 11.5 Å². The van der Waals surface area contributed by atoms with E-state index in [4.69, 9.17) is 14.6 Å². The van der Waals surface area contributed by atoms with Gasteiger partial charge in [0.2, 0.25) is 0 Å². The summed E-state index contributed by atoms with van der Waals surface area (Å²) in [4.78, 5) is 10.9. The predicted octanol–water partition coefficient (Wildman–Crippen LogP) is 3.65. The largest absolute Gasteiger partial charge is 0.491 e. The number of rotatable bonds is 6. The van der Waals surface area contributed by atoms with Gasteiger partial charge in [0.05, 0.1) is 23.1 Å². The zero-order chi connectivity index (χ0) is 14.6. The van der Waals surface area contributed by atoms with Crippen molar-refractivity contribution in [2.24, 2.45) is 0 Å². The summed E-state index contributed by atoms with van der Waals surface area (Å²) in [5.41, 5.74) is 0.629. The van der Waals surface area contributed by atoms with Gasteiger partial charge in [0.15, 0.2) is 0 Å². The van der Waals surface area contributed by atoms with E-state index < -0.39 is 5.97 Å². The van der Waals surface area contributed by atoms with Crippen molar-refractivity contribution < 1.29 is 19.4 Å². The SMILES string of the molecule is CC(C)Oc1cc(OC(C)C)c(CC(=O)O)cc1Br. The lowest BCUT2D eigenvalue weighted by molar-refractivity contribution is -0.136. The molecule has 0 saturated heterocycles. The van der Waals surface area contributed by atoms with Crippen molar-refractivity contribution in [3.8, 4) is 11.5 Å². The molecule has 1 rings (SSSR count). The van der Waals surface area contributed by atoms with E-state index in [1.54, 1.807) is 12.1 Å². The number of hydrogen-bond donors (Lipinski definition) is 1. The summed E-state index contributed by atoms with van der Waals surface area (Å²) in [5.74, 6) is 0.314. The van der Waals surface area contributed by atoms with Crippen molar-refractivity contribution in [1.82, 2.24) is 0 Å². The van der Waals surface area contributed by atoms with Crippen molar-refractivity contribution in [2.75, 3.05) is 0 Å². The number of hydrogen-bond acceptors (Lipinski definition) is 3. The zero-order valence-electron chi connectivity index (χ0n) is 11.6. The first kappa shape index (κ1) is 15.8. The van der Waals surface area contributed by atoms with E-state index in [1.165, 1.54) is 0 Å². The van der Waals surface area contributed by atoms with Gasteiger partial charge in [0, 0.05) is 11.6 Å². The van der Waals surface area contributed by atoms with E-state index in [0.29, 0.717) is 17.1 Å². The van der Waals surface area contributed by atoms with E-state index in [2.05, 4.69) is 15.9 Å². The molecular formula is C14H19BrO4. The summed E-state index contributed by atoms with van der Waals surface area (Å²) in [6.07, 6.45) is -0.0723. The van der Waals surface area contributed by atoms with Gasteiger partial charge in [-0.1, -0.05) is 0 Å². The third kappa shape index (κ3) is 5.11. The average Bonchev–Trinajstić information content (AvgIpc) is 2.22. The molecule has 0 fully saturated rings. The molecular weight excluding hydrogens is 312 g/mol. The minimum absolute atomic E-state index is 0.0272. The van der Waals surface area contributed by atoms with Gasteiger partial charge in [-0.05, 0) is 49.7 Å². The van der Waals surface area contributed by atoms with Gasteiger partial charge in [-0.2, -0.15) is 0 Å². The van der Waals surface area contributed by atoms with Crippen LogP contribution in [0.5, 0.6) is 11.5 Å². The van der Waals surface area contributed by atoms with Crippen molar-refractivity contribution in [1.29, 1.82) is 0 Å². The number of aliphatic carboxylic acids is 1. The standard InChI is InChI=1S/C14H19BrO4/c1-8(2)18-12-7-13(19-9(3)4)11(15)5-10(12)6-14(16)17/h5,7-9H,6H2,1-4H3,(H,16,17). The van der Waals surface area contributed by atoms with E-state index in [-0.39, 0.29) is 18.6 Å². The Labute approximate surface area is 121 Å². The lowest BCUT2D eigenvalue weighted by atomic mass is 10.1. The Morgan fingerprint density at radius 1 is 1.16 bits per heavy atom. The van der Waals surface area contributed by atoms with Crippen LogP contribution in [0.4, 0.5) is 0 Å². The van der Waals surface area contributed by atoms with Crippen LogP contribution in [0.25, 0.3) is 0 Å². The van der Waals surface area contributed by atoms with Crippen LogP contribution in [0.1, 0.15) is 33.3 Å². The molecule has 0 aromatic heterocycles. The highest BCUT2D eigenvalue weighted by Crippen LogP contribution is 2.34. The van der Waals surface area contributed by atoms with E-state index in [0.717, 1.165) is 4.47 Å². The molecule has 0 amide bonds. The van der Waals surface area contributed by atoms with Crippen LogP contribution in [0.3, 0.4) is 0 Å². The fourth-order valence-corrected chi connectivity index (χ4v) is 2.07. The molecule has 0 bridgehead atoms. The molecule has 5 heteroatoms. The maximum Gasteiger partial charge on any atom is 0.307 e. The van der Waals surface area contributed by atoms with E-state index >= 15 is 0 Å². The van der Waals surface area contributed by atoms with Crippen LogP contribution in [0.2, 0.25) is 0 Å². The van der Waals surface area contributed by atoms with Gasteiger partial charge >= 0.3 is 5.97 Å². The lowest BCUT2D eigenvalue weighted by Gasteiger charge is -2.18. The van der Waals surface area contributed by atoms with Crippen LogP contribution in [-0.2, 0) is 11.2 Å². The maximum absolute atomic E-state index is 10.9. The molecule has 19 heavy (non-hydrogen) atoms. The van der Waals surface area contributed by atoms with Crippen LogP contribution >= 0.6 is 15.9 Å². The molecule has 4 nitrogen and oxygen atoms in total. The Bertz CT molecular complexity index is 455. The predicted molar refractivity (Wildman–Crippen MR) is 77.0 cm³/mol. The molecule has 1 aromatic carbocycles. The Kier molecular flexibility index (Phi) is 5.66. The lowest BCUT2D eigenvalue weighted by Crippen LogP contribution is -2.11. The molecule has 0 atom stereocenters. The molecule has 0 heterocycles. The van der Waals surface area contributed by atoms with Crippen LogP contribution in [-0.4, -0.2) is 23.3 Å². The minimum atomic E-state index is -0.891. The van der Waals surface area contributed by atoms with Gasteiger partial charge in [-0.15, -0.1) is 0 Å². The van der Waals surface area contributed by atoms with Gasteiger partial charge < -0.3 is 14.6 Å². The van der Waals surface area contributed by atoms with Crippen LogP contribution < -0.4 is 9.47 Å². The summed E-state index contributed by atoms with van der Waals surface area (Å²) in [7, 11) is 0. The third-order valence-corrected chi connectivity index (χ3v) is 2.80. The molecule has 1 N–H and O–H groups in total. The molecule has 0 unspecified atom stereocenters. The first-order valence-electron chi connectivity index (χ1n) is 6.17. The number of carbonyl (C=O) groups is 1. The van der Waals surface area contributed by atoms with Gasteiger partial charge in [-0.25, -0.2) is 0 Å². The summed E-state index contributed by atoms with van der Waals surface area (Å²) < 4.78 is 12.0.